The molecule has 2 bridgehead atoms. The lowest BCUT2D eigenvalue weighted by molar-refractivity contribution is -0.130. The first-order chi connectivity index (χ1) is 20.3. The Morgan fingerprint density at radius 3 is 2.29 bits per heavy atom. The molecular weight excluding hydrogens is 606 g/mol. The predicted molar refractivity (Wildman–Crippen MR) is 160 cm³/mol. The van der Waals surface area contributed by atoms with Gasteiger partial charge < -0.3 is 33.7 Å². The number of nitrogens with one attached hydrogen (secondary N) is 1. The Morgan fingerprint density at radius 1 is 0.905 bits per heavy atom. The van der Waals surface area contributed by atoms with Crippen LogP contribution in [0.4, 0.5) is 0 Å². The average Bonchev–Trinajstić information content (AvgIpc) is 3.00. The molecule has 0 radical (unpaired) electrons. The van der Waals surface area contributed by atoms with Gasteiger partial charge >= 0.3 is 0 Å². The third-order valence-electron chi connectivity index (χ3n) is 7.66. The van der Waals surface area contributed by atoms with E-state index in [1.165, 1.54) is 33.5 Å². The van der Waals surface area contributed by atoms with Gasteiger partial charge in [0.2, 0.25) is 5.75 Å². The van der Waals surface area contributed by atoms with Crippen molar-refractivity contribution in [2.75, 3.05) is 41.5 Å². The summed E-state index contributed by atoms with van der Waals surface area (Å²) in [7, 11) is 5.95. The van der Waals surface area contributed by atoms with Crippen LogP contribution in [0.5, 0.6) is 23.0 Å². The molecule has 2 aliphatic heterocycles. The van der Waals surface area contributed by atoms with Crippen molar-refractivity contribution in [3.8, 4) is 23.0 Å². The molecule has 2 atom stereocenters. The quantitative estimate of drug-likeness (QED) is 0.371. The van der Waals surface area contributed by atoms with E-state index in [-0.39, 0.29) is 34.6 Å². The van der Waals surface area contributed by atoms with Crippen LogP contribution in [0.1, 0.15) is 34.0 Å². The fraction of sp³-hybridized carbons (Fsp3) is 0.323. The normalized spacial score (nSPS) is 17.6. The molecule has 3 heterocycles. The van der Waals surface area contributed by atoms with E-state index in [9.17, 15) is 14.4 Å². The van der Waals surface area contributed by atoms with E-state index in [0.29, 0.717) is 48.2 Å². The maximum atomic E-state index is 14.2. The number of rotatable bonds is 8. The molecule has 0 aliphatic carbocycles. The van der Waals surface area contributed by atoms with Gasteiger partial charge in [-0.1, -0.05) is 22.0 Å². The van der Waals surface area contributed by atoms with E-state index in [1.807, 2.05) is 22.8 Å². The molecule has 220 valence electrons. The van der Waals surface area contributed by atoms with Crippen LogP contribution in [0.2, 0.25) is 0 Å². The van der Waals surface area contributed by atoms with Crippen LogP contribution in [-0.4, -0.2) is 62.8 Å². The molecule has 1 fully saturated rings. The highest BCUT2D eigenvalue weighted by atomic mass is 79.9. The molecule has 0 unspecified atom stereocenters. The Bertz CT molecular complexity index is 1590. The first kappa shape index (κ1) is 29.2. The number of carbonyl (C=O) groups excluding carboxylic acids is 2. The van der Waals surface area contributed by atoms with Crippen LogP contribution >= 0.6 is 15.9 Å². The van der Waals surface area contributed by atoms with Gasteiger partial charge in [0.15, 0.2) is 11.5 Å². The maximum absolute atomic E-state index is 14.2. The number of nitrogens with zero attached hydrogens (tertiary/aromatic N) is 2. The second-order valence-corrected chi connectivity index (χ2v) is 11.1. The van der Waals surface area contributed by atoms with Gasteiger partial charge in [-0.05, 0) is 54.8 Å². The highest BCUT2D eigenvalue weighted by Gasteiger charge is 2.37. The van der Waals surface area contributed by atoms with Gasteiger partial charge in [0, 0.05) is 52.9 Å². The summed E-state index contributed by atoms with van der Waals surface area (Å²) in [4.78, 5) is 42.0. The molecule has 0 saturated carbocycles. The summed E-state index contributed by atoms with van der Waals surface area (Å²) >= 11 is 3.48. The van der Waals surface area contributed by atoms with E-state index in [4.69, 9.17) is 18.9 Å². The SMILES string of the molecule is COc1ccc(Br)cc1/C=C(\NC(=O)c1cc(OC)c(OC)c(OC)c1)C(=O)N1C[C@@H]2C[C@H](C1)c1cccc(=O)n1C2. The Kier molecular flexibility index (Phi) is 8.58. The molecule has 0 spiro atoms. The maximum Gasteiger partial charge on any atom is 0.270 e. The Hall–Kier alpha value is -4.25. The van der Waals surface area contributed by atoms with Gasteiger partial charge in [0.05, 0.1) is 28.4 Å². The minimum absolute atomic E-state index is 0.0165. The van der Waals surface area contributed by atoms with E-state index in [0.717, 1.165) is 16.6 Å². The number of methoxy groups -OCH3 is 4. The monoisotopic (exact) mass is 637 g/mol. The summed E-state index contributed by atoms with van der Waals surface area (Å²) in [5.74, 6) is 0.776. The largest absolute Gasteiger partial charge is 0.496 e. The summed E-state index contributed by atoms with van der Waals surface area (Å²) in [5, 5.41) is 2.84. The van der Waals surface area contributed by atoms with E-state index < -0.39 is 5.91 Å². The fourth-order valence-corrected chi connectivity index (χ4v) is 6.14. The predicted octanol–water partition coefficient (Wildman–Crippen LogP) is 4.06. The lowest BCUT2D eigenvalue weighted by Crippen LogP contribution is -2.50. The van der Waals surface area contributed by atoms with Crippen LogP contribution in [0.3, 0.4) is 0 Å². The van der Waals surface area contributed by atoms with Crippen LogP contribution < -0.4 is 29.8 Å². The zero-order chi connectivity index (χ0) is 30.0. The summed E-state index contributed by atoms with van der Waals surface area (Å²) in [5.41, 5.74) is 1.80. The van der Waals surface area contributed by atoms with Crippen molar-refractivity contribution >= 4 is 33.8 Å². The average molecular weight is 639 g/mol. The molecule has 1 saturated heterocycles. The number of hydrogen-bond donors (Lipinski definition) is 1. The fourth-order valence-electron chi connectivity index (χ4n) is 5.76. The van der Waals surface area contributed by atoms with Crippen molar-refractivity contribution < 1.29 is 28.5 Å². The number of amides is 2. The van der Waals surface area contributed by atoms with Gasteiger partial charge in [-0.15, -0.1) is 0 Å². The van der Waals surface area contributed by atoms with Crippen molar-refractivity contribution in [1.82, 2.24) is 14.8 Å². The number of aromatic nitrogens is 1. The Morgan fingerprint density at radius 2 is 1.62 bits per heavy atom. The smallest absolute Gasteiger partial charge is 0.270 e. The van der Waals surface area contributed by atoms with Gasteiger partial charge in [-0.2, -0.15) is 0 Å². The number of hydrogen-bond acceptors (Lipinski definition) is 7. The summed E-state index contributed by atoms with van der Waals surface area (Å²) in [6.07, 6.45) is 2.51. The minimum Gasteiger partial charge on any atom is -0.496 e. The highest BCUT2D eigenvalue weighted by molar-refractivity contribution is 9.10. The van der Waals surface area contributed by atoms with E-state index in [2.05, 4.69) is 21.2 Å². The van der Waals surface area contributed by atoms with Crippen molar-refractivity contribution in [1.29, 1.82) is 0 Å². The molecule has 2 amide bonds. The number of fused-ring (bicyclic) bond motifs is 4. The number of benzene rings is 2. The Balaban J connectivity index is 1.51. The minimum atomic E-state index is -0.531. The van der Waals surface area contributed by atoms with Crippen LogP contribution in [0.15, 0.2) is 63.5 Å². The number of halogens is 1. The van der Waals surface area contributed by atoms with Crippen LogP contribution in [0, 0.1) is 5.92 Å². The van der Waals surface area contributed by atoms with Gasteiger partial charge in [0.1, 0.15) is 11.4 Å². The number of likely N-dealkylation sites (tertiary alicyclic amines) is 1. The molecule has 1 N–H and O–H groups in total. The standard InChI is InChI=1S/C31H32BrN3O7/c1-39-25-9-8-22(32)11-19(25)12-23(33-30(37)20-13-26(40-2)29(42-4)27(14-20)41-3)31(38)34-15-18-10-21(17-34)24-6-5-7-28(36)35(24)16-18/h5-9,11-14,18,21H,10,15-17H2,1-4H3,(H,33,37)/b23-12-/t18-,21+/m0/s1. The van der Waals surface area contributed by atoms with Crippen LogP contribution in [-0.2, 0) is 11.3 Å². The zero-order valence-electron chi connectivity index (χ0n) is 23.8. The topological polar surface area (TPSA) is 108 Å². The molecule has 1 aromatic heterocycles. The molecule has 10 nitrogen and oxygen atoms in total. The third-order valence-corrected chi connectivity index (χ3v) is 8.16. The van der Waals surface area contributed by atoms with E-state index >= 15 is 0 Å². The Labute approximate surface area is 251 Å². The van der Waals surface area contributed by atoms with Gasteiger partial charge in [-0.3, -0.25) is 14.4 Å². The lowest BCUT2D eigenvalue weighted by atomic mass is 9.83. The second kappa shape index (κ2) is 12.3. The number of piperidine rings is 1. The van der Waals surface area contributed by atoms with Crippen molar-refractivity contribution in [3.05, 3.63) is 85.9 Å². The zero-order valence-corrected chi connectivity index (χ0v) is 25.4. The van der Waals surface area contributed by atoms with Crippen molar-refractivity contribution in [2.24, 2.45) is 5.92 Å². The first-order valence-corrected chi connectivity index (χ1v) is 14.2. The van der Waals surface area contributed by atoms with Crippen LogP contribution in [0.25, 0.3) is 6.08 Å². The molecule has 2 aliphatic rings. The highest BCUT2D eigenvalue weighted by Crippen LogP contribution is 2.39. The van der Waals surface area contributed by atoms with Gasteiger partial charge in [-0.25, -0.2) is 0 Å². The molecule has 11 heteroatoms. The van der Waals surface area contributed by atoms with Crippen molar-refractivity contribution in [3.63, 3.8) is 0 Å². The lowest BCUT2D eigenvalue weighted by Gasteiger charge is -2.43. The molecule has 3 aromatic rings. The number of carbonyl (C=O) groups is 2. The molecular formula is C31H32BrN3O7. The van der Waals surface area contributed by atoms with Crippen molar-refractivity contribution in [2.45, 2.75) is 18.9 Å². The number of ether oxygens (including phenoxy) is 4. The van der Waals surface area contributed by atoms with Gasteiger partial charge in [0.25, 0.3) is 17.4 Å². The summed E-state index contributed by atoms with van der Waals surface area (Å²) < 4.78 is 24.3. The summed E-state index contributed by atoms with van der Waals surface area (Å²) in [6, 6.07) is 13.8. The number of pyridine rings is 1. The van der Waals surface area contributed by atoms with E-state index in [1.54, 1.807) is 36.3 Å². The second-order valence-electron chi connectivity index (χ2n) is 10.2. The molecule has 5 rings (SSSR count). The first-order valence-electron chi connectivity index (χ1n) is 13.4. The molecule has 2 aromatic carbocycles. The molecule has 42 heavy (non-hydrogen) atoms. The third kappa shape index (κ3) is 5.74. The summed E-state index contributed by atoms with van der Waals surface area (Å²) in [6.45, 7) is 1.43.